The summed E-state index contributed by atoms with van der Waals surface area (Å²) in [5.74, 6) is 0. The predicted molar refractivity (Wildman–Crippen MR) is 57.2 cm³/mol. The van der Waals surface area contributed by atoms with Gasteiger partial charge in [0.25, 0.3) is 5.69 Å². The molecular weight excluding hydrogens is 214 g/mol. The lowest BCUT2D eigenvalue weighted by atomic mass is 10.3. The molecule has 74 valence electrons. The molecular formula is C9H5N3O2S. The molecule has 0 radical (unpaired) electrons. The van der Waals surface area contributed by atoms with E-state index in [-0.39, 0.29) is 5.69 Å². The fraction of sp³-hybridized carbons (Fsp3) is 0. The minimum atomic E-state index is -0.403. The summed E-state index contributed by atoms with van der Waals surface area (Å²) in [6.07, 6.45) is 1.86. The molecule has 3 aromatic rings. The third-order valence-electron chi connectivity index (χ3n) is 2.25. The van der Waals surface area contributed by atoms with Crippen molar-refractivity contribution in [3.05, 3.63) is 39.9 Å². The monoisotopic (exact) mass is 219 g/mol. The van der Waals surface area contributed by atoms with Gasteiger partial charge in [0.2, 0.25) is 0 Å². The summed E-state index contributed by atoms with van der Waals surface area (Å²) in [4.78, 5) is 15.4. The Kier molecular flexibility index (Phi) is 1.54. The van der Waals surface area contributed by atoms with Crippen molar-refractivity contribution >= 4 is 33.0 Å². The molecule has 0 N–H and O–H groups in total. The van der Waals surface area contributed by atoms with Crippen LogP contribution in [0.2, 0.25) is 0 Å². The third kappa shape index (κ3) is 1.05. The molecule has 15 heavy (non-hydrogen) atoms. The molecule has 0 amide bonds. The average molecular weight is 219 g/mol. The molecule has 0 aliphatic heterocycles. The molecule has 0 bridgehead atoms. The zero-order valence-corrected chi connectivity index (χ0v) is 8.27. The Labute approximate surface area is 87.7 Å². The number of nitro groups is 1. The van der Waals surface area contributed by atoms with Crippen LogP contribution in [0.4, 0.5) is 5.69 Å². The third-order valence-corrected chi connectivity index (χ3v) is 3.00. The Hall–Kier alpha value is -1.95. The molecule has 0 saturated carbocycles. The topological polar surface area (TPSA) is 60.4 Å². The number of aromatic nitrogens is 2. The van der Waals surface area contributed by atoms with E-state index in [2.05, 4.69) is 4.98 Å². The van der Waals surface area contributed by atoms with E-state index in [4.69, 9.17) is 0 Å². The number of para-hydroxylation sites is 1. The lowest BCUT2D eigenvalue weighted by molar-refractivity contribution is -0.383. The van der Waals surface area contributed by atoms with Gasteiger partial charge in [0.05, 0.1) is 10.4 Å². The summed E-state index contributed by atoms with van der Waals surface area (Å²) in [7, 11) is 0. The number of imidazole rings is 1. The fourth-order valence-electron chi connectivity index (χ4n) is 1.61. The highest BCUT2D eigenvalue weighted by Gasteiger charge is 2.16. The van der Waals surface area contributed by atoms with Crippen molar-refractivity contribution in [2.75, 3.05) is 0 Å². The van der Waals surface area contributed by atoms with Gasteiger partial charge in [0, 0.05) is 17.6 Å². The van der Waals surface area contributed by atoms with Crippen LogP contribution in [0.25, 0.3) is 16.0 Å². The summed E-state index contributed by atoms with van der Waals surface area (Å²) < 4.78 is 1.85. The van der Waals surface area contributed by atoms with Crippen molar-refractivity contribution < 1.29 is 4.92 Å². The summed E-state index contributed by atoms with van der Waals surface area (Å²) in [6.45, 7) is 0. The maximum Gasteiger partial charge on any atom is 0.297 e. The summed E-state index contributed by atoms with van der Waals surface area (Å²) in [5.41, 5.74) is 1.29. The number of rotatable bonds is 1. The van der Waals surface area contributed by atoms with Crippen LogP contribution in [0.3, 0.4) is 0 Å². The Morgan fingerprint density at radius 2 is 2.33 bits per heavy atom. The van der Waals surface area contributed by atoms with Gasteiger partial charge in [0.15, 0.2) is 10.5 Å². The van der Waals surface area contributed by atoms with E-state index in [0.29, 0.717) is 5.52 Å². The Balaban J connectivity index is 2.53. The van der Waals surface area contributed by atoms with Crippen molar-refractivity contribution in [2.24, 2.45) is 0 Å². The van der Waals surface area contributed by atoms with E-state index < -0.39 is 4.92 Å². The number of fused-ring (bicyclic) bond motifs is 3. The average Bonchev–Trinajstić information content (AvgIpc) is 2.75. The van der Waals surface area contributed by atoms with Gasteiger partial charge in [-0.2, -0.15) is 0 Å². The first kappa shape index (κ1) is 8.37. The van der Waals surface area contributed by atoms with Crippen LogP contribution in [0, 0.1) is 10.1 Å². The molecule has 0 spiro atoms. The second-order valence-corrected chi connectivity index (χ2v) is 3.94. The molecule has 0 atom stereocenters. The maximum atomic E-state index is 10.8. The summed E-state index contributed by atoms with van der Waals surface area (Å²) in [5, 5.41) is 12.7. The number of non-ortho nitro benzene ring substituents is 1. The second-order valence-electron chi connectivity index (χ2n) is 3.07. The Morgan fingerprint density at radius 1 is 1.47 bits per heavy atom. The van der Waals surface area contributed by atoms with Crippen LogP contribution in [0.15, 0.2) is 29.8 Å². The molecule has 2 aromatic heterocycles. The number of hydrogen-bond acceptors (Lipinski definition) is 4. The van der Waals surface area contributed by atoms with Crippen molar-refractivity contribution in [3.8, 4) is 0 Å². The lowest BCUT2D eigenvalue weighted by Crippen LogP contribution is -1.88. The predicted octanol–water partition coefficient (Wildman–Crippen LogP) is 2.46. The smallest absolute Gasteiger partial charge is 0.290 e. The SMILES string of the molecule is O=[N+]([O-])c1cccc2c1nc1sccn12. The second kappa shape index (κ2) is 2.77. The molecule has 0 saturated heterocycles. The number of thiazole rings is 1. The fourth-order valence-corrected chi connectivity index (χ4v) is 2.33. The standard InChI is InChI=1S/C9H5N3O2S/c13-12(14)7-3-1-2-6-8(7)10-9-11(6)4-5-15-9/h1-5H. The van der Waals surface area contributed by atoms with E-state index >= 15 is 0 Å². The normalized spacial score (nSPS) is 11.2. The van der Waals surface area contributed by atoms with E-state index in [0.717, 1.165) is 10.5 Å². The van der Waals surface area contributed by atoms with Gasteiger partial charge in [0.1, 0.15) is 0 Å². The van der Waals surface area contributed by atoms with Gasteiger partial charge in [-0.25, -0.2) is 4.98 Å². The lowest BCUT2D eigenvalue weighted by Gasteiger charge is -1.91. The molecule has 0 aliphatic carbocycles. The quantitative estimate of drug-likeness (QED) is 0.466. The van der Waals surface area contributed by atoms with Crippen molar-refractivity contribution in [1.82, 2.24) is 9.38 Å². The zero-order valence-electron chi connectivity index (χ0n) is 7.45. The van der Waals surface area contributed by atoms with Crippen LogP contribution in [-0.4, -0.2) is 14.3 Å². The minimum absolute atomic E-state index is 0.0587. The molecule has 2 heterocycles. The molecule has 1 aromatic carbocycles. The molecule has 0 fully saturated rings. The Bertz CT molecular complexity index is 670. The van der Waals surface area contributed by atoms with Crippen molar-refractivity contribution in [1.29, 1.82) is 0 Å². The highest BCUT2D eigenvalue weighted by Crippen LogP contribution is 2.27. The van der Waals surface area contributed by atoms with Crippen LogP contribution in [-0.2, 0) is 0 Å². The van der Waals surface area contributed by atoms with Crippen molar-refractivity contribution in [2.45, 2.75) is 0 Å². The van der Waals surface area contributed by atoms with Gasteiger partial charge < -0.3 is 0 Å². The first-order valence-electron chi connectivity index (χ1n) is 4.26. The minimum Gasteiger partial charge on any atom is -0.290 e. The van der Waals surface area contributed by atoms with Crippen LogP contribution in [0.1, 0.15) is 0 Å². The molecule has 6 heteroatoms. The highest BCUT2D eigenvalue weighted by atomic mass is 32.1. The highest BCUT2D eigenvalue weighted by molar-refractivity contribution is 7.15. The van der Waals surface area contributed by atoms with Crippen LogP contribution < -0.4 is 0 Å². The Morgan fingerprint density at radius 3 is 3.13 bits per heavy atom. The van der Waals surface area contributed by atoms with Crippen molar-refractivity contribution in [3.63, 3.8) is 0 Å². The number of nitro benzene ring substituents is 1. The summed E-state index contributed by atoms with van der Waals surface area (Å²) in [6, 6.07) is 4.97. The van der Waals surface area contributed by atoms with E-state index in [1.165, 1.54) is 17.4 Å². The molecule has 0 aliphatic rings. The van der Waals surface area contributed by atoms with Crippen LogP contribution >= 0.6 is 11.3 Å². The molecule has 5 nitrogen and oxygen atoms in total. The van der Waals surface area contributed by atoms with Gasteiger partial charge >= 0.3 is 0 Å². The van der Waals surface area contributed by atoms with E-state index in [1.807, 2.05) is 22.0 Å². The first-order valence-corrected chi connectivity index (χ1v) is 5.14. The number of hydrogen-bond donors (Lipinski definition) is 0. The van der Waals surface area contributed by atoms with Gasteiger partial charge in [-0.05, 0) is 6.07 Å². The maximum absolute atomic E-state index is 10.8. The van der Waals surface area contributed by atoms with Gasteiger partial charge in [-0.1, -0.05) is 6.07 Å². The van der Waals surface area contributed by atoms with E-state index in [1.54, 1.807) is 6.07 Å². The zero-order chi connectivity index (χ0) is 10.4. The van der Waals surface area contributed by atoms with Gasteiger partial charge in [-0.15, -0.1) is 11.3 Å². The van der Waals surface area contributed by atoms with E-state index in [9.17, 15) is 10.1 Å². The molecule has 0 unspecified atom stereocenters. The number of nitrogens with zero attached hydrogens (tertiary/aromatic N) is 3. The molecule has 3 rings (SSSR count). The number of benzene rings is 1. The largest absolute Gasteiger partial charge is 0.297 e. The first-order chi connectivity index (χ1) is 7.27. The van der Waals surface area contributed by atoms with Crippen LogP contribution in [0.5, 0.6) is 0 Å². The summed E-state index contributed by atoms with van der Waals surface area (Å²) >= 11 is 1.46. The van der Waals surface area contributed by atoms with Gasteiger partial charge in [-0.3, -0.25) is 14.5 Å².